The van der Waals surface area contributed by atoms with Crippen LogP contribution >= 0.6 is 0 Å². The van der Waals surface area contributed by atoms with Crippen molar-refractivity contribution in [2.75, 3.05) is 0 Å². The SMILES string of the molecule is C=Cc1ccc(CO)cc1. The van der Waals surface area contributed by atoms with Crippen LogP contribution in [0, 0.1) is 0 Å². The van der Waals surface area contributed by atoms with Crippen molar-refractivity contribution in [2.45, 2.75) is 6.61 Å². The molecule has 0 saturated carbocycles. The van der Waals surface area contributed by atoms with Gasteiger partial charge in [0, 0.05) is 0 Å². The van der Waals surface area contributed by atoms with Crippen molar-refractivity contribution in [1.29, 1.82) is 0 Å². The molecule has 0 aliphatic carbocycles. The zero-order chi connectivity index (χ0) is 7.40. The van der Waals surface area contributed by atoms with E-state index in [1.807, 2.05) is 24.3 Å². The molecule has 0 bridgehead atoms. The van der Waals surface area contributed by atoms with E-state index in [0.717, 1.165) is 11.1 Å². The van der Waals surface area contributed by atoms with E-state index in [2.05, 4.69) is 6.58 Å². The molecule has 1 nitrogen and oxygen atoms in total. The maximum Gasteiger partial charge on any atom is 0.0681 e. The predicted octanol–water partition coefficient (Wildman–Crippen LogP) is 1.82. The number of aliphatic hydroxyl groups excluding tert-OH is 1. The van der Waals surface area contributed by atoms with Crippen LogP contribution in [0.4, 0.5) is 0 Å². The van der Waals surface area contributed by atoms with Gasteiger partial charge in [-0.25, -0.2) is 0 Å². The average molecular weight is 134 g/mol. The van der Waals surface area contributed by atoms with Gasteiger partial charge < -0.3 is 5.11 Å². The van der Waals surface area contributed by atoms with E-state index in [-0.39, 0.29) is 6.61 Å². The normalized spacial score (nSPS) is 9.30. The molecule has 0 aliphatic rings. The lowest BCUT2D eigenvalue weighted by atomic mass is 10.1. The highest BCUT2D eigenvalue weighted by molar-refractivity contribution is 5.46. The molecule has 0 fully saturated rings. The lowest BCUT2D eigenvalue weighted by Gasteiger charge is -1.94. The monoisotopic (exact) mass is 134 g/mol. The molecule has 0 amide bonds. The number of rotatable bonds is 2. The van der Waals surface area contributed by atoms with Crippen molar-refractivity contribution in [2.24, 2.45) is 0 Å². The molecule has 52 valence electrons. The second-order valence-electron chi connectivity index (χ2n) is 2.10. The van der Waals surface area contributed by atoms with Crippen molar-refractivity contribution >= 4 is 6.08 Å². The topological polar surface area (TPSA) is 20.2 Å². The molecule has 1 heteroatoms. The van der Waals surface area contributed by atoms with Crippen LogP contribution in [-0.4, -0.2) is 5.11 Å². The van der Waals surface area contributed by atoms with Crippen LogP contribution in [-0.2, 0) is 6.61 Å². The minimum absolute atomic E-state index is 0.109. The second kappa shape index (κ2) is 3.18. The van der Waals surface area contributed by atoms with E-state index in [4.69, 9.17) is 5.11 Å². The van der Waals surface area contributed by atoms with Gasteiger partial charge in [-0.1, -0.05) is 36.9 Å². The first-order valence-electron chi connectivity index (χ1n) is 3.19. The molecule has 1 aromatic carbocycles. The van der Waals surface area contributed by atoms with Crippen molar-refractivity contribution in [3.05, 3.63) is 42.0 Å². The van der Waals surface area contributed by atoms with Crippen molar-refractivity contribution in [1.82, 2.24) is 0 Å². The van der Waals surface area contributed by atoms with Gasteiger partial charge in [0.25, 0.3) is 0 Å². The number of benzene rings is 1. The number of hydrogen-bond acceptors (Lipinski definition) is 1. The summed E-state index contributed by atoms with van der Waals surface area (Å²) in [5, 5.41) is 8.68. The van der Waals surface area contributed by atoms with E-state index in [0.29, 0.717) is 0 Å². The molecule has 0 heterocycles. The molecule has 1 rings (SSSR count). The van der Waals surface area contributed by atoms with Gasteiger partial charge in [-0.3, -0.25) is 0 Å². The Balaban J connectivity index is 2.90. The fourth-order valence-corrected chi connectivity index (χ4v) is 0.759. The molecule has 0 spiro atoms. The Bertz CT molecular complexity index is 211. The van der Waals surface area contributed by atoms with Gasteiger partial charge >= 0.3 is 0 Å². The fraction of sp³-hybridized carbons (Fsp3) is 0.111. The fourth-order valence-electron chi connectivity index (χ4n) is 0.759. The lowest BCUT2D eigenvalue weighted by Crippen LogP contribution is -1.80. The third kappa shape index (κ3) is 1.45. The highest BCUT2D eigenvalue weighted by Gasteiger charge is 1.87. The quantitative estimate of drug-likeness (QED) is 0.654. The van der Waals surface area contributed by atoms with Gasteiger partial charge in [-0.2, -0.15) is 0 Å². The number of hydrogen-bond donors (Lipinski definition) is 1. The standard InChI is InChI=1S/C9H10O/c1-2-8-3-5-9(7-10)6-4-8/h2-6,10H,1,7H2. The van der Waals surface area contributed by atoms with Crippen LogP contribution in [0.15, 0.2) is 30.8 Å². The Morgan fingerprint density at radius 3 is 2.30 bits per heavy atom. The summed E-state index contributed by atoms with van der Waals surface area (Å²) in [5.74, 6) is 0. The van der Waals surface area contributed by atoms with E-state index < -0.39 is 0 Å². The first-order valence-corrected chi connectivity index (χ1v) is 3.19. The highest BCUT2D eigenvalue weighted by Crippen LogP contribution is 2.04. The summed E-state index contributed by atoms with van der Waals surface area (Å²) in [4.78, 5) is 0. The van der Waals surface area contributed by atoms with Crippen molar-refractivity contribution in [3.63, 3.8) is 0 Å². The summed E-state index contributed by atoms with van der Waals surface area (Å²) in [6, 6.07) is 7.63. The third-order valence-corrected chi connectivity index (χ3v) is 1.40. The Morgan fingerprint density at radius 2 is 1.90 bits per heavy atom. The van der Waals surface area contributed by atoms with Crippen LogP contribution in [0.25, 0.3) is 6.08 Å². The largest absolute Gasteiger partial charge is 0.392 e. The van der Waals surface area contributed by atoms with E-state index in [9.17, 15) is 0 Å². The predicted molar refractivity (Wildman–Crippen MR) is 42.5 cm³/mol. The molecule has 0 aromatic heterocycles. The molecule has 0 aliphatic heterocycles. The zero-order valence-corrected chi connectivity index (χ0v) is 5.75. The van der Waals surface area contributed by atoms with Crippen molar-refractivity contribution < 1.29 is 5.11 Å². The van der Waals surface area contributed by atoms with Crippen LogP contribution in [0.2, 0.25) is 0 Å². The average Bonchev–Trinajstić information content (AvgIpc) is 2.05. The van der Waals surface area contributed by atoms with Crippen LogP contribution in [0.1, 0.15) is 11.1 Å². The van der Waals surface area contributed by atoms with Gasteiger partial charge in [0.05, 0.1) is 6.61 Å². The van der Waals surface area contributed by atoms with Crippen LogP contribution in [0.5, 0.6) is 0 Å². The zero-order valence-electron chi connectivity index (χ0n) is 5.75. The first kappa shape index (κ1) is 7.03. The Kier molecular flexibility index (Phi) is 2.24. The lowest BCUT2D eigenvalue weighted by molar-refractivity contribution is 0.282. The van der Waals surface area contributed by atoms with Gasteiger partial charge in [-0.05, 0) is 11.1 Å². The molecular weight excluding hydrogens is 124 g/mol. The minimum Gasteiger partial charge on any atom is -0.392 e. The molecule has 0 radical (unpaired) electrons. The summed E-state index contributed by atoms with van der Waals surface area (Å²) in [6.45, 7) is 3.73. The summed E-state index contributed by atoms with van der Waals surface area (Å²) < 4.78 is 0. The van der Waals surface area contributed by atoms with E-state index >= 15 is 0 Å². The molecule has 10 heavy (non-hydrogen) atoms. The van der Waals surface area contributed by atoms with Gasteiger partial charge in [-0.15, -0.1) is 0 Å². The second-order valence-corrected chi connectivity index (χ2v) is 2.10. The summed E-state index contributed by atoms with van der Waals surface area (Å²) in [6.07, 6.45) is 1.78. The molecule has 1 N–H and O–H groups in total. The maximum absolute atomic E-state index is 8.68. The van der Waals surface area contributed by atoms with Gasteiger partial charge in [0.1, 0.15) is 0 Å². The molecular formula is C9H10O. The smallest absolute Gasteiger partial charge is 0.0681 e. The summed E-state index contributed by atoms with van der Waals surface area (Å²) in [7, 11) is 0. The Morgan fingerprint density at radius 1 is 1.30 bits per heavy atom. The van der Waals surface area contributed by atoms with Gasteiger partial charge in [0.2, 0.25) is 0 Å². The first-order chi connectivity index (χ1) is 4.86. The highest BCUT2D eigenvalue weighted by atomic mass is 16.3. The Hall–Kier alpha value is -1.08. The van der Waals surface area contributed by atoms with Crippen molar-refractivity contribution in [3.8, 4) is 0 Å². The van der Waals surface area contributed by atoms with E-state index in [1.54, 1.807) is 6.08 Å². The van der Waals surface area contributed by atoms with Crippen LogP contribution < -0.4 is 0 Å². The molecule has 1 aromatic rings. The van der Waals surface area contributed by atoms with E-state index in [1.165, 1.54) is 0 Å². The summed E-state index contributed by atoms with van der Waals surface area (Å²) >= 11 is 0. The minimum atomic E-state index is 0.109. The van der Waals surface area contributed by atoms with Gasteiger partial charge in [0.15, 0.2) is 0 Å². The molecule has 0 atom stereocenters. The van der Waals surface area contributed by atoms with Crippen LogP contribution in [0.3, 0.4) is 0 Å². The molecule has 0 unspecified atom stereocenters. The maximum atomic E-state index is 8.68. The third-order valence-electron chi connectivity index (χ3n) is 1.40. The number of aliphatic hydroxyl groups is 1. The Labute approximate surface area is 60.6 Å². The molecule has 0 saturated heterocycles. The summed E-state index contributed by atoms with van der Waals surface area (Å²) in [5.41, 5.74) is 2.02.